The molecule has 1 rings (SSSR count). The van der Waals surface area contributed by atoms with Crippen LogP contribution in [0.2, 0.25) is 0 Å². The molecule has 0 atom stereocenters. The van der Waals surface area contributed by atoms with Crippen molar-refractivity contribution in [3.63, 3.8) is 0 Å². The first-order valence-corrected chi connectivity index (χ1v) is 6.27. The van der Waals surface area contributed by atoms with Gasteiger partial charge in [0.2, 0.25) is 11.8 Å². The number of rotatable bonds is 6. The Bertz CT molecular complexity index is 512. The SMILES string of the molecule is CC(C)NC(=O)CNC(=O)Cc1ccccc1C(=O)O. The van der Waals surface area contributed by atoms with Crippen molar-refractivity contribution in [1.82, 2.24) is 10.6 Å². The lowest BCUT2D eigenvalue weighted by Crippen LogP contribution is -2.40. The van der Waals surface area contributed by atoms with Crippen LogP contribution in [-0.4, -0.2) is 35.5 Å². The zero-order valence-electron chi connectivity index (χ0n) is 11.5. The van der Waals surface area contributed by atoms with Gasteiger partial charge in [0, 0.05) is 6.04 Å². The van der Waals surface area contributed by atoms with Crippen molar-refractivity contribution in [3.05, 3.63) is 35.4 Å². The van der Waals surface area contributed by atoms with E-state index in [2.05, 4.69) is 10.6 Å². The molecule has 3 N–H and O–H groups in total. The molecule has 0 radical (unpaired) electrons. The lowest BCUT2D eigenvalue weighted by Gasteiger charge is -2.10. The molecular formula is C14H18N2O4. The normalized spacial score (nSPS) is 10.2. The summed E-state index contributed by atoms with van der Waals surface area (Å²) in [7, 11) is 0. The smallest absolute Gasteiger partial charge is 0.335 e. The first kappa shape index (κ1) is 15.7. The fourth-order valence-electron chi connectivity index (χ4n) is 1.67. The second kappa shape index (κ2) is 7.28. The highest BCUT2D eigenvalue weighted by Crippen LogP contribution is 2.09. The molecule has 20 heavy (non-hydrogen) atoms. The Morgan fingerprint density at radius 1 is 1.15 bits per heavy atom. The van der Waals surface area contributed by atoms with Crippen LogP contribution in [0.5, 0.6) is 0 Å². The van der Waals surface area contributed by atoms with Gasteiger partial charge in [-0.15, -0.1) is 0 Å². The minimum absolute atomic E-state index is 0.00661. The second-order valence-corrected chi connectivity index (χ2v) is 4.64. The van der Waals surface area contributed by atoms with Crippen LogP contribution in [0.1, 0.15) is 29.8 Å². The molecule has 2 amide bonds. The van der Waals surface area contributed by atoms with Gasteiger partial charge in [-0.1, -0.05) is 18.2 Å². The highest BCUT2D eigenvalue weighted by Gasteiger charge is 2.13. The maximum atomic E-state index is 11.7. The van der Waals surface area contributed by atoms with Crippen LogP contribution < -0.4 is 10.6 Å². The van der Waals surface area contributed by atoms with Crippen LogP contribution >= 0.6 is 0 Å². The van der Waals surface area contributed by atoms with Gasteiger partial charge in [0.25, 0.3) is 0 Å². The van der Waals surface area contributed by atoms with Gasteiger partial charge in [0.05, 0.1) is 18.5 Å². The molecule has 0 fully saturated rings. The summed E-state index contributed by atoms with van der Waals surface area (Å²) >= 11 is 0. The fourth-order valence-corrected chi connectivity index (χ4v) is 1.67. The van der Waals surface area contributed by atoms with E-state index in [-0.39, 0.29) is 30.5 Å². The summed E-state index contributed by atoms with van der Waals surface area (Å²) in [6.07, 6.45) is -0.0720. The molecule has 0 spiro atoms. The van der Waals surface area contributed by atoms with Gasteiger partial charge in [-0.25, -0.2) is 4.79 Å². The minimum Gasteiger partial charge on any atom is -0.478 e. The molecule has 0 aliphatic rings. The predicted molar refractivity (Wildman–Crippen MR) is 73.4 cm³/mol. The van der Waals surface area contributed by atoms with Crippen molar-refractivity contribution in [3.8, 4) is 0 Å². The zero-order chi connectivity index (χ0) is 15.1. The van der Waals surface area contributed by atoms with Gasteiger partial charge in [0.15, 0.2) is 0 Å². The number of hydrogen-bond acceptors (Lipinski definition) is 3. The van der Waals surface area contributed by atoms with Gasteiger partial charge in [-0.2, -0.15) is 0 Å². The van der Waals surface area contributed by atoms with Crippen LogP contribution in [0.25, 0.3) is 0 Å². The van der Waals surface area contributed by atoms with E-state index in [0.717, 1.165) is 0 Å². The van der Waals surface area contributed by atoms with Gasteiger partial charge in [-0.3, -0.25) is 9.59 Å². The molecule has 0 saturated carbocycles. The van der Waals surface area contributed by atoms with E-state index in [0.29, 0.717) is 5.56 Å². The number of carbonyl (C=O) groups excluding carboxylic acids is 2. The molecule has 0 heterocycles. The standard InChI is InChI=1S/C14H18N2O4/c1-9(2)16-13(18)8-15-12(17)7-10-5-3-4-6-11(10)14(19)20/h3-6,9H,7-8H2,1-2H3,(H,15,17)(H,16,18)(H,19,20). The molecule has 0 saturated heterocycles. The molecule has 0 aromatic heterocycles. The summed E-state index contributed by atoms with van der Waals surface area (Å²) in [5.74, 6) is -1.75. The second-order valence-electron chi connectivity index (χ2n) is 4.64. The number of carbonyl (C=O) groups is 3. The Balaban J connectivity index is 2.55. The largest absolute Gasteiger partial charge is 0.478 e. The summed E-state index contributed by atoms with van der Waals surface area (Å²) in [4.78, 5) is 34.1. The first-order chi connectivity index (χ1) is 9.40. The van der Waals surface area contributed by atoms with Crippen LogP contribution in [0, 0.1) is 0 Å². The number of benzene rings is 1. The minimum atomic E-state index is -1.08. The molecule has 0 aliphatic heterocycles. The molecule has 6 heteroatoms. The average Bonchev–Trinajstić information content (AvgIpc) is 2.36. The predicted octanol–water partition coefficient (Wildman–Crippen LogP) is 0.568. The molecule has 6 nitrogen and oxygen atoms in total. The van der Waals surface area contributed by atoms with E-state index in [1.54, 1.807) is 18.2 Å². The Kier molecular flexibility index (Phi) is 5.71. The van der Waals surface area contributed by atoms with E-state index in [1.165, 1.54) is 6.07 Å². The first-order valence-electron chi connectivity index (χ1n) is 6.27. The van der Waals surface area contributed by atoms with Gasteiger partial charge < -0.3 is 15.7 Å². The van der Waals surface area contributed by atoms with Crippen molar-refractivity contribution < 1.29 is 19.5 Å². The third kappa shape index (κ3) is 5.09. The van der Waals surface area contributed by atoms with E-state index >= 15 is 0 Å². The third-order valence-electron chi connectivity index (χ3n) is 2.49. The lowest BCUT2D eigenvalue weighted by molar-refractivity contribution is -0.126. The maximum Gasteiger partial charge on any atom is 0.335 e. The molecule has 0 unspecified atom stereocenters. The summed E-state index contributed by atoms with van der Waals surface area (Å²) in [5.41, 5.74) is 0.510. The number of nitrogens with one attached hydrogen (secondary N) is 2. The molecule has 1 aromatic carbocycles. The van der Waals surface area contributed by atoms with E-state index in [9.17, 15) is 14.4 Å². The molecular weight excluding hydrogens is 260 g/mol. The fraction of sp³-hybridized carbons (Fsp3) is 0.357. The topological polar surface area (TPSA) is 95.5 Å². The molecule has 1 aromatic rings. The molecule has 0 aliphatic carbocycles. The van der Waals surface area contributed by atoms with Crippen molar-refractivity contribution >= 4 is 17.8 Å². The highest BCUT2D eigenvalue weighted by atomic mass is 16.4. The Morgan fingerprint density at radius 3 is 2.40 bits per heavy atom. The van der Waals surface area contributed by atoms with E-state index in [4.69, 9.17) is 5.11 Å². The van der Waals surface area contributed by atoms with E-state index < -0.39 is 11.9 Å². The Labute approximate surface area is 117 Å². The quantitative estimate of drug-likeness (QED) is 0.709. The number of hydrogen-bond donors (Lipinski definition) is 3. The number of carboxylic acid groups (broad SMARTS) is 1. The number of carboxylic acids is 1. The van der Waals surface area contributed by atoms with Gasteiger partial charge in [-0.05, 0) is 25.5 Å². The van der Waals surface area contributed by atoms with Gasteiger partial charge >= 0.3 is 5.97 Å². The van der Waals surface area contributed by atoms with Crippen LogP contribution in [0.3, 0.4) is 0 Å². The third-order valence-corrected chi connectivity index (χ3v) is 2.49. The van der Waals surface area contributed by atoms with E-state index in [1.807, 2.05) is 13.8 Å². The summed E-state index contributed by atoms with van der Waals surface area (Å²) in [5, 5.41) is 14.1. The maximum absolute atomic E-state index is 11.7. The van der Waals surface area contributed by atoms with Crippen LogP contribution in [-0.2, 0) is 16.0 Å². The number of aromatic carboxylic acids is 1. The molecule has 0 bridgehead atoms. The van der Waals surface area contributed by atoms with Crippen LogP contribution in [0.15, 0.2) is 24.3 Å². The molecule has 108 valence electrons. The highest BCUT2D eigenvalue weighted by molar-refractivity contribution is 5.92. The zero-order valence-corrected chi connectivity index (χ0v) is 11.5. The number of amides is 2. The average molecular weight is 278 g/mol. The van der Waals surface area contributed by atoms with Crippen molar-refractivity contribution in [2.45, 2.75) is 26.3 Å². The monoisotopic (exact) mass is 278 g/mol. The summed E-state index contributed by atoms with van der Waals surface area (Å²) < 4.78 is 0. The van der Waals surface area contributed by atoms with Crippen LogP contribution in [0.4, 0.5) is 0 Å². The van der Waals surface area contributed by atoms with Crippen molar-refractivity contribution in [2.75, 3.05) is 6.54 Å². The summed E-state index contributed by atoms with van der Waals surface area (Å²) in [6, 6.07) is 6.29. The van der Waals surface area contributed by atoms with Gasteiger partial charge in [0.1, 0.15) is 0 Å². The Morgan fingerprint density at radius 2 is 1.80 bits per heavy atom. The Hall–Kier alpha value is -2.37. The van der Waals surface area contributed by atoms with Crippen molar-refractivity contribution in [2.24, 2.45) is 0 Å². The lowest BCUT2D eigenvalue weighted by atomic mass is 10.0. The summed E-state index contributed by atoms with van der Waals surface area (Å²) in [6.45, 7) is 3.53. The van der Waals surface area contributed by atoms with Crippen molar-refractivity contribution in [1.29, 1.82) is 0 Å².